The lowest BCUT2D eigenvalue weighted by Gasteiger charge is -2.41. The molecule has 2 aromatic carbocycles. The Hall–Kier alpha value is -2.56. The standard InChI is InChI=1S/C20H23FN2O2/c1-20(2)11-14-7-12(19(24)25)5-6-17(14)22-18(20)13-8-15(21)10-16(9-13)23(3)4/h5-10,18,22H,11H2,1-4H3,(H,24,25). The first-order valence-corrected chi connectivity index (χ1v) is 8.28. The van der Waals surface area contributed by atoms with Crippen molar-refractivity contribution < 1.29 is 14.3 Å². The predicted octanol–water partition coefficient (Wildman–Crippen LogP) is 4.33. The van der Waals surface area contributed by atoms with E-state index in [4.69, 9.17) is 0 Å². The molecule has 4 nitrogen and oxygen atoms in total. The predicted molar refractivity (Wildman–Crippen MR) is 98.0 cm³/mol. The molecule has 1 atom stereocenters. The van der Waals surface area contributed by atoms with Gasteiger partial charge >= 0.3 is 5.97 Å². The van der Waals surface area contributed by atoms with Crippen LogP contribution in [0.1, 0.15) is 41.4 Å². The van der Waals surface area contributed by atoms with Gasteiger partial charge in [0.1, 0.15) is 5.82 Å². The smallest absolute Gasteiger partial charge is 0.335 e. The summed E-state index contributed by atoms with van der Waals surface area (Å²) in [6, 6.07) is 10.1. The molecule has 1 heterocycles. The fourth-order valence-corrected chi connectivity index (χ4v) is 3.51. The Kier molecular flexibility index (Phi) is 4.19. The largest absolute Gasteiger partial charge is 0.478 e. The van der Waals surface area contributed by atoms with Gasteiger partial charge in [-0.1, -0.05) is 13.8 Å². The first kappa shape index (κ1) is 17.3. The molecule has 0 saturated carbocycles. The van der Waals surface area contributed by atoms with E-state index in [1.165, 1.54) is 6.07 Å². The van der Waals surface area contributed by atoms with Crippen LogP contribution < -0.4 is 10.2 Å². The molecule has 1 unspecified atom stereocenters. The molecule has 0 spiro atoms. The van der Waals surface area contributed by atoms with E-state index in [0.29, 0.717) is 0 Å². The van der Waals surface area contributed by atoms with Crippen molar-refractivity contribution in [2.45, 2.75) is 26.3 Å². The van der Waals surface area contributed by atoms with Crippen LogP contribution in [0.2, 0.25) is 0 Å². The van der Waals surface area contributed by atoms with Crippen molar-refractivity contribution >= 4 is 17.3 Å². The van der Waals surface area contributed by atoms with Crippen LogP contribution in [-0.2, 0) is 6.42 Å². The Bertz CT molecular complexity index is 830. The molecule has 5 heteroatoms. The molecule has 0 aromatic heterocycles. The maximum Gasteiger partial charge on any atom is 0.335 e. The van der Waals surface area contributed by atoms with E-state index in [0.717, 1.165) is 28.9 Å². The van der Waals surface area contributed by atoms with Crippen LogP contribution in [0.5, 0.6) is 0 Å². The van der Waals surface area contributed by atoms with Gasteiger partial charge in [-0.15, -0.1) is 0 Å². The van der Waals surface area contributed by atoms with E-state index < -0.39 is 5.97 Å². The van der Waals surface area contributed by atoms with E-state index in [1.807, 2.05) is 25.1 Å². The Morgan fingerprint density at radius 1 is 1.24 bits per heavy atom. The van der Waals surface area contributed by atoms with E-state index in [9.17, 15) is 14.3 Å². The molecule has 0 saturated heterocycles. The summed E-state index contributed by atoms with van der Waals surface area (Å²) in [5.74, 6) is -1.19. The van der Waals surface area contributed by atoms with Gasteiger partial charge in [0.15, 0.2) is 0 Å². The molecule has 0 radical (unpaired) electrons. The van der Waals surface area contributed by atoms with Crippen molar-refractivity contribution in [1.29, 1.82) is 0 Å². The molecule has 0 amide bonds. The van der Waals surface area contributed by atoms with Gasteiger partial charge in [-0.25, -0.2) is 9.18 Å². The Morgan fingerprint density at radius 2 is 1.96 bits per heavy atom. The summed E-state index contributed by atoms with van der Waals surface area (Å²) in [7, 11) is 3.78. The van der Waals surface area contributed by atoms with Crippen molar-refractivity contribution in [2.75, 3.05) is 24.3 Å². The minimum absolute atomic E-state index is 0.0647. The molecule has 132 valence electrons. The quantitative estimate of drug-likeness (QED) is 0.872. The van der Waals surface area contributed by atoms with Gasteiger partial charge in [-0.05, 0) is 59.4 Å². The van der Waals surface area contributed by atoms with Gasteiger partial charge in [0.2, 0.25) is 0 Å². The Morgan fingerprint density at radius 3 is 2.60 bits per heavy atom. The highest BCUT2D eigenvalue weighted by Crippen LogP contribution is 2.45. The van der Waals surface area contributed by atoms with Crippen LogP contribution in [-0.4, -0.2) is 25.2 Å². The molecule has 25 heavy (non-hydrogen) atoms. The Balaban J connectivity index is 2.03. The van der Waals surface area contributed by atoms with Crippen molar-refractivity contribution in [3.05, 3.63) is 58.9 Å². The topological polar surface area (TPSA) is 52.6 Å². The minimum atomic E-state index is -0.927. The third-order valence-electron chi connectivity index (χ3n) is 4.83. The van der Waals surface area contributed by atoms with Gasteiger partial charge in [0.05, 0.1) is 11.6 Å². The zero-order valence-corrected chi connectivity index (χ0v) is 14.9. The van der Waals surface area contributed by atoms with Crippen LogP contribution in [0.15, 0.2) is 36.4 Å². The second-order valence-electron chi connectivity index (χ2n) is 7.56. The highest BCUT2D eigenvalue weighted by atomic mass is 19.1. The van der Waals surface area contributed by atoms with Crippen LogP contribution >= 0.6 is 0 Å². The van der Waals surface area contributed by atoms with Gasteiger partial charge in [-0.2, -0.15) is 0 Å². The normalized spacial score (nSPS) is 18.2. The second kappa shape index (κ2) is 6.06. The molecule has 2 N–H and O–H groups in total. The third-order valence-corrected chi connectivity index (χ3v) is 4.83. The van der Waals surface area contributed by atoms with Gasteiger partial charge in [0.25, 0.3) is 0 Å². The molecular formula is C20H23FN2O2. The molecule has 0 fully saturated rings. The maximum atomic E-state index is 14.1. The number of anilines is 2. The van der Waals surface area contributed by atoms with Gasteiger partial charge in [0, 0.05) is 25.5 Å². The van der Waals surface area contributed by atoms with Crippen molar-refractivity contribution in [1.82, 2.24) is 0 Å². The SMILES string of the molecule is CN(C)c1cc(F)cc(C2Nc3ccc(C(=O)O)cc3CC2(C)C)c1. The van der Waals surface area contributed by atoms with E-state index in [1.54, 1.807) is 24.3 Å². The summed E-state index contributed by atoms with van der Waals surface area (Å²) in [5, 5.41) is 12.7. The number of carbonyl (C=O) groups is 1. The molecule has 0 aliphatic carbocycles. The first-order valence-electron chi connectivity index (χ1n) is 8.28. The van der Waals surface area contributed by atoms with E-state index in [-0.39, 0.29) is 22.8 Å². The summed E-state index contributed by atoms with van der Waals surface area (Å²) >= 11 is 0. The van der Waals surface area contributed by atoms with Crippen LogP contribution in [0.4, 0.5) is 15.8 Å². The number of nitrogens with one attached hydrogen (secondary N) is 1. The minimum Gasteiger partial charge on any atom is -0.478 e. The number of fused-ring (bicyclic) bond motifs is 1. The molecule has 0 bridgehead atoms. The fourth-order valence-electron chi connectivity index (χ4n) is 3.51. The summed E-state index contributed by atoms with van der Waals surface area (Å²) in [4.78, 5) is 13.1. The number of rotatable bonds is 3. The lowest BCUT2D eigenvalue weighted by Crippen LogP contribution is -2.35. The van der Waals surface area contributed by atoms with Crippen LogP contribution in [0, 0.1) is 11.2 Å². The monoisotopic (exact) mass is 342 g/mol. The van der Waals surface area contributed by atoms with E-state index >= 15 is 0 Å². The number of aromatic carboxylic acids is 1. The van der Waals surface area contributed by atoms with Crippen LogP contribution in [0.3, 0.4) is 0 Å². The van der Waals surface area contributed by atoms with Crippen molar-refractivity contribution in [3.8, 4) is 0 Å². The summed E-state index contributed by atoms with van der Waals surface area (Å²) in [6.45, 7) is 4.22. The lowest BCUT2D eigenvalue weighted by molar-refractivity contribution is 0.0696. The number of nitrogens with zero attached hydrogens (tertiary/aromatic N) is 1. The fraction of sp³-hybridized carbons (Fsp3) is 0.350. The number of halogens is 1. The zero-order chi connectivity index (χ0) is 18.4. The summed E-state index contributed by atoms with van der Waals surface area (Å²) in [6.07, 6.45) is 0.717. The average molecular weight is 342 g/mol. The third kappa shape index (κ3) is 3.31. The molecule has 1 aliphatic rings. The number of hydrogen-bond donors (Lipinski definition) is 2. The number of benzene rings is 2. The first-order chi connectivity index (χ1) is 11.7. The molecular weight excluding hydrogens is 319 g/mol. The van der Waals surface area contributed by atoms with Crippen molar-refractivity contribution in [2.24, 2.45) is 5.41 Å². The second-order valence-corrected chi connectivity index (χ2v) is 7.56. The lowest BCUT2D eigenvalue weighted by atomic mass is 9.72. The molecule has 2 aromatic rings. The number of carboxylic acids is 1. The Labute approximate surface area is 147 Å². The van der Waals surface area contributed by atoms with Gasteiger partial charge in [-0.3, -0.25) is 0 Å². The zero-order valence-electron chi connectivity index (χ0n) is 14.9. The molecule has 1 aliphatic heterocycles. The number of hydrogen-bond acceptors (Lipinski definition) is 3. The van der Waals surface area contributed by atoms with Crippen LogP contribution in [0.25, 0.3) is 0 Å². The van der Waals surface area contributed by atoms with Crippen molar-refractivity contribution in [3.63, 3.8) is 0 Å². The summed E-state index contributed by atoms with van der Waals surface area (Å²) < 4.78 is 14.1. The highest BCUT2D eigenvalue weighted by molar-refractivity contribution is 5.88. The van der Waals surface area contributed by atoms with E-state index in [2.05, 4.69) is 19.2 Å². The molecule has 3 rings (SSSR count). The number of carboxylic acid groups (broad SMARTS) is 1. The van der Waals surface area contributed by atoms with Gasteiger partial charge < -0.3 is 15.3 Å². The highest BCUT2D eigenvalue weighted by Gasteiger charge is 2.36. The maximum absolute atomic E-state index is 14.1. The summed E-state index contributed by atoms with van der Waals surface area (Å²) in [5.41, 5.74) is 3.69. The average Bonchev–Trinajstić information content (AvgIpc) is 2.52.